The summed E-state index contributed by atoms with van der Waals surface area (Å²) in [6, 6.07) is 1.72. The summed E-state index contributed by atoms with van der Waals surface area (Å²) in [5.41, 5.74) is 0.537. The summed E-state index contributed by atoms with van der Waals surface area (Å²) in [4.78, 5) is 15.3. The summed E-state index contributed by atoms with van der Waals surface area (Å²) < 4.78 is 5.60. The Labute approximate surface area is 90.8 Å². The number of hydrogen-bond acceptors (Lipinski definition) is 3. The van der Waals surface area contributed by atoms with E-state index in [1.807, 2.05) is 0 Å². The third kappa shape index (κ3) is 3.43. The number of nitrogens with one attached hydrogen (secondary N) is 1. The quantitative estimate of drug-likeness (QED) is 0.827. The minimum atomic E-state index is -0.143. The molecule has 1 aromatic heterocycles. The van der Waals surface area contributed by atoms with Gasteiger partial charge in [-0.05, 0) is 22.0 Å². The van der Waals surface area contributed by atoms with Crippen LogP contribution < -0.4 is 5.32 Å². The van der Waals surface area contributed by atoms with Gasteiger partial charge in [-0.15, -0.1) is 0 Å². The highest BCUT2D eigenvalue weighted by atomic mass is 79.9. The molecule has 1 heterocycles. The molecule has 0 aromatic carbocycles. The molecule has 0 bridgehead atoms. The number of methoxy groups -OCH3 is 1. The number of ether oxygens (including phenoxy) is 1. The number of aromatic nitrogens is 1. The molecule has 0 unspecified atom stereocenters. The Balaban J connectivity index is 2.52. The molecule has 4 nitrogen and oxygen atoms in total. The molecule has 14 heavy (non-hydrogen) atoms. The number of halogens is 1. The molecule has 0 saturated carbocycles. The molecule has 1 aromatic rings. The van der Waals surface area contributed by atoms with E-state index in [0.29, 0.717) is 18.7 Å². The molecule has 0 saturated heterocycles. The Morgan fingerprint density at radius 2 is 2.43 bits per heavy atom. The van der Waals surface area contributed by atoms with Crippen LogP contribution in [0.3, 0.4) is 0 Å². The summed E-state index contributed by atoms with van der Waals surface area (Å²) in [6.45, 7) is 1.01. The Kier molecular flexibility index (Phi) is 4.55. The van der Waals surface area contributed by atoms with Gasteiger partial charge in [-0.1, -0.05) is 0 Å². The van der Waals surface area contributed by atoms with E-state index >= 15 is 0 Å². The first-order valence-electron chi connectivity index (χ1n) is 4.11. The van der Waals surface area contributed by atoms with Crippen LogP contribution in [0.1, 0.15) is 10.4 Å². The third-order valence-electron chi connectivity index (χ3n) is 1.56. The van der Waals surface area contributed by atoms with Crippen molar-refractivity contribution in [3.05, 3.63) is 28.5 Å². The predicted molar refractivity (Wildman–Crippen MR) is 56.1 cm³/mol. The molecule has 5 heteroatoms. The molecule has 0 spiro atoms. The van der Waals surface area contributed by atoms with Crippen molar-refractivity contribution in [2.45, 2.75) is 0 Å². The maximum Gasteiger partial charge on any atom is 0.252 e. The van der Waals surface area contributed by atoms with Crippen LogP contribution >= 0.6 is 15.9 Å². The maximum atomic E-state index is 11.4. The highest BCUT2D eigenvalue weighted by molar-refractivity contribution is 9.10. The molecule has 1 amide bonds. The summed E-state index contributed by atoms with van der Waals surface area (Å²) in [6.07, 6.45) is 3.15. The minimum absolute atomic E-state index is 0.143. The van der Waals surface area contributed by atoms with Crippen LogP contribution in [0.2, 0.25) is 0 Å². The zero-order chi connectivity index (χ0) is 10.4. The molecule has 0 aliphatic rings. The van der Waals surface area contributed by atoms with Crippen molar-refractivity contribution in [2.24, 2.45) is 0 Å². The van der Waals surface area contributed by atoms with Crippen molar-refractivity contribution in [3.63, 3.8) is 0 Å². The first-order valence-corrected chi connectivity index (χ1v) is 4.91. The average molecular weight is 259 g/mol. The van der Waals surface area contributed by atoms with Gasteiger partial charge in [-0.25, -0.2) is 0 Å². The van der Waals surface area contributed by atoms with Crippen LogP contribution in [0.4, 0.5) is 0 Å². The van der Waals surface area contributed by atoms with Crippen LogP contribution in [0, 0.1) is 0 Å². The van der Waals surface area contributed by atoms with Crippen LogP contribution in [-0.4, -0.2) is 31.2 Å². The highest BCUT2D eigenvalue weighted by Gasteiger charge is 2.04. The lowest BCUT2D eigenvalue weighted by Gasteiger charge is -2.03. The van der Waals surface area contributed by atoms with Crippen LogP contribution in [0.5, 0.6) is 0 Å². The van der Waals surface area contributed by atoms with Gasteiger partial charge in [-0.2, -0.15) is 0 Å². The summed E-state index contributed by atoms with van der Waals surface area (Å²) >= 11 is 3.25. The van der Waals surface area contributed by atoms with Crippen molar-refractivity contribution >= 4 is 21.8 Å². The van der Waals surface area contributed by atoms with Gasteiger partial charge in [0.2, 0.25) is 0 Å². The third-order valence-corrected chi connectivity index (χ3v) is 1.99. The Hall–Kier alpha value is -0.940. The number of nitrogens with zero attached hydrogens (tertiary/aromatic N) is 1. The lowest BCUT2D eigenvalue weighted by atomic mass is 10.3. The fourth-order valence-electron chi connectivity index (χ4n) is 0.905. The van der Waals surface area contributed by atoms with E-state index in [2.05, 4.69) is 26.2 Å². The van der Waals surface area contributed by atoms with Crippen LogP contribution in [0.25, 0.3) is 0 Å². The number of carbonyl (C=O) groups excluding carboxylic acids is 1. The van der Waals surface area contributed by atoms with E-state index in [9.17, 15) is 4.79 Å². The van der Waals surface area contributed by atoms with Crippen molar-refractivity contribution in [1.82, 2.24) is 10.3 Å². The summed E-state index contributed by atoms with van der Waals surface area (Å²) in [5.74, 6) is -0.143. The normalized spacial score (nSPS) is 9.86. The van der Waals surface area contributed by atoms with Gasteiger partial charge in [-0.3, -0.25) is 9.78 Å². The Bertz CT molecular complexity index is 317. The molecular formula is C9H11BrN2O2. The number of amides is 1. The lowest BCUT2D eigenvalue weighted by molar-refractivity contribution is 0.0936. The molecule has 1 N–H and O–H groups in total. The second kappa shape index (κ2) is 5.72. The Morgan fingerprint density at radius 3 is 3.07 bits per heavy atom. The van der Waals surface area contributed by atoms with E-state index < -0.39 is 0 Å². The lowest BCUT2D eigenvalue weighted by Crippen LogP contribution is -2.26. The first kappa shape index (κ1) is 11.1. The van der Waals surface area contributed by atoms with Gasteiger partial charge in [0, 0.05) is 30.5 Å². The smallest absolute Gasteiger partial charge is 0.252 e. The second-order valence-electron chi connectivity index (χ2n) is 2.64. The van der Waals surface area contributed by atoms with Gasteiger partial charge in [0.25, 0.3) is 5.91 Å². The zero-order valence-electron chi connectivity index (χ0n) is 7.79. The topological polar surface area (TPSA) is 51.2 Å². The average Bonchev–Trinajstić information content (AvgIpc) is 2.18. The van der Waals surface area contributed by atoms with Crippen molar-refractivity contribution in [2.75, 3.05) is 20.3 Å². The zero-order valence-corrected chi connectivity index (χ0v) is 9.37. The summed E-state index contributed by atoms with van der Waals surface area (Å²) in [7, 11) is 1.59. The fraction of sp³-hybridized carbons (Fsp3) is 0.333. The molecule has 0 radical (unpaired) electrons. The van der Waals surface area contributed by atoms with Gasteiger partial charge < -0.3 is 10.1 Å². The van der Waals surface area contributed by atoms with Crippen LogP contribution in [0.15, 0.2) is 22.9 Å². The number of hydrogen-bond donors (Lipinski definition) is 1. The molecule has 0 aliphatic heterocycles. The molecule has 0 aliphatic carbocycles. The van der Waals surface area contributed by atoms with Crippen molar-refractivity contribution in [3.8, 4) is 0 Å². The van der Waals surface area contributed by atoms with E-state index in [4.69, 9.17) is 4.74 Å². The van der Waals surface area contributed by atoms with E-state index in [1.165, 1.54) is 6.20 Å². The van der Waals surface area contributed by atoms with Crippen molar-refractivity contribution in [1.29, 1.82) is 0 Å². The molecular weight excluding hydrogens is 248 g/mol. The van der Waals surface area contributed by atoms with Crippen LogP contribution in [-0.2, 0) is 4.74 Å². The number of carbonyl (C=O) groups is 1. The van der Waals surface area contributed by atoms with Crippen molar-refractivity contribution < 1.29 is 9.53 Å². The van der Waals surface area contributed by atoms with E-state index in [0.717, 1.165) is 4.47 Å². The maximum absolute atomic E-state index is 11.4. The molecule has 0 fully saturated rings. The summed E-state index contributed by atoms with van der Waals surface area (Å²) in [5, 5.41) is 2.70. The Morgan fingerprint density at radius 1 is 1.64 bits per heavy atom. The molecule has 0 atom stereocenters. The monoisotopic (exact) mass is 258 g/mol. The first-order chi connectivity index (χ1) is 6.74. The van der Waals surface area contributed by atoms with Gasteiger partial charge in [0.15, 0.2) is 0 Å². The minimum Gasteiger partial charge on any atom is -0.383 e. The van der Waals surface area contributed by atoms with E-state index in [1.54, 1.807) is 19.4 Å². The number of rotatable bonds is 4. The number of pyridine rings is 1. The van der Waals surface area contributed by atoms with Gasteiger partial charge in [0.05, 0.1) is 12.2 Å². The molecule has 76 valence electrons. The standard InChI is InChI=1S/C9H11BrN2O2/c1-14-3-2-12-9(13)7-4-8(10)6-11-5-7/h4-6H,2-3H2,1H3,(H,12,13). The largest absolute Gasteiger partial charge is 0.383 e. The molecule has 1 rings (SSSR count). The fourth-order valence-corrected chi connectivity index (χ4v) is 1.27. The predicted octanol–water partition coefficient (Wildman–Crippen LogP) is 1.22. The van der Waals surface area contributed by atoms with E-state index in [-0.39, 0.29) is 5.91 Å². The SMILES string of the molecule is COCCNC(=O)c1cncc(Br)c1. The van der Waals surface area contributed by atoms with Gasteiger partial charge >= 0.3 is 0 Å². The second-order valence-corrected chi connectivity index (χ2v) is 3.56. The van der Waals surface area contributed by atoms with Gasteiger partial charge in [0.1, 0.15) is 0 Å². The highest BCUT2D eigenvalue weighted by Crippen LogP contribution is 2.08.